The number of likely N-dealkylation sites (N-methyl/N-ethyl adjacent to an activating group) is 1. The molecule has 158 valence electrons. The summed E-state index contributed by atoms with van der Waals surface area (Å²) in [5.74, 6) is 1.77. The molecule has 1 saturated heterocycles. The summed E-state index contributed by atoms with van der Waals surface area (Å²) in [4.78, 5) is 30.4. The molecule has 2 aliphatic rings. The largest absolute Gasteiger partial charge is 0.336 e. The minimum absolute atomic E-state index is 0.0528. The average molecular weight is 407 g/mol. The highest BCUT2D eigenvalue weighted by atomic mass is 16.2. The van der Waals surface area contributed by atoms with Gasteiger partial charge in [-0.05, 0) is 58.8 Å². The van der Waals surface area contributed by atoms with Crippen molar-refractivity contribution in [1.82, 2.24) is 24.8 Å². The Balaban J connectivity index is 1.41. The van der Waals surface area contributed by atoms with E-state index in [-0.39, 0.29) is 11.4 Å². The van der Waals surface area contributed by atoms with Crippen LogP contribution in [0.3, 0.4) is 0 Å². The Morgan fingerprint density at radius 2 is 2.13 bits per heavy atom. The first-order valence-electron chi connectivity index (χ1n) is 10.5. The molecule has 2 aromatic heterocycles. The van der Waals surface area contributed by atoms with Crippen molar-refractivity contribution in [1.29, 1.82) is 0 Å². The monoisotopic (exact) mass is 406 g/mol. The van der Waals surface area contributed by atoms with Gasteiger partial charge in [0.1, 0.15) is 5.82 Å². The zero-order valence-corrected chi connectivity index (χ0v) is 18.4. The Morgan fingerprint density at radius 3 is 2.73 bits per heavy atom. The van der Waals surface area contributed by atoms with Gasteiger partial charge in [0.25, 0.3) is 5.91 Å². The maximum absolute atomic E-state index is 12.9. The molecule has 1 aliphatic carbocycles. The van der Waals surface area contributed by atoms with Crippen LogP contribution >= 0.6 is 0 Å². The van der Waals surface area contributed by atoms with Crippen molar-refractivity contribution in [3.63, 3.8) is 0 Å². The van der Waals surface area contributed by atoms with Crippen LogP contribution in [-0.2, 0) is 0 Å². The van der Waals surface area contributed by atoms with Gasteiger partial charge in [-0.3, -0.25) is 4.79 Å². The summed E-state index contributed by atoms with van der Waals surface area (Å²) in [5.41, 5.74) is 4.03. The molecule has 0 radical (unpaired) electrons. The summed E-state index contributed by atoms with van der Waals surface area (Å²) in [5, 5.41) is 3.12. The van der Waals surface area contributed by atoms with Crippen LogP contribution < -0.4 is 5.32 Å². The lowest BCUT2D eigenvalue weighted by molar-refractivity contribution is 0.0754. The molecule has 1 saturated carbocycles. The molecule has 0 aromatic carbocycles. The van der Waals surface area contributed by atoms with E-state index in [2.05, 4.69) is 59.2 Å². The predicted molar refractivity (Wildman–Crippen MR) is 119 cm³/mol. The SMILES string of the molecule is CC/C(C)=C/c1cnc(Nc2ccc(C(=O)N3CC4CC4(N(C)C)C3)cn2)nc1C. The zero-order chi connectivity index (χ0) is 21.5. The Kier molecular flexibility index (Phi) is 5.32. The van der Waals surface area contributed by atoms with E-state index >= 15 is 0 Å². The standard InChI is InChI=1S/C23H30N6O/c1-6-15(2)9-18-12-25-22(26-16(18)3)27-20-8-7-17(11-24-20)21(30)29-13-19-10-23(19,14-29)28(4)5/h7-9,11-12,19H,6,10,13-14H2,1-5H3,(H,24,25,26,27)/b15-9+. The number of hydrogen-bond acceptors (Lipinski definition) is 6. The third-order valence-electron chi connectivity index (χ3n) is 6.51. The van der Waals surface area contributed by atoms with Crippen LogP contribution in [0.5, 0.6) is 0 Å². The molecule has 2 unspecified atom stereocenters. The summed E-state index contributed by atoms with van der Waals surface area (Å²) in [6, 6.07) is 3.62. The number of nitrogens with zero attached hydrogens (tertiary/aromatic N) is 5. The van der Waals surface area contributed by atoms with Crippen molar-refractivity contribution in [3.05, 3.63) is 46.9 Å². The summed E-state index contributed by atoms with van der Waals surface area (Å²) in [7, 11) is 4.21. The number of pyridine rings is 1. The first-order chi connectivity index (χ1) is 14.3. The van der Waals surface area contributed by atoms with E-state index in [1.165, 1.54) is 12.0 Å². The number of allylic oxidation sites excluding steroid dienone is 1. The zero-order valence-electron chi connectivity index (χ0n) is 18.4. The molecule has 3 heterocycles. The number of anilines is 2. The summed E-state index contributed by atoms with van der Waals surface area (Å²) < 4.78 is 0. The van der Waals surface area contributed by atoms with E-state index < -0.39 is 0 Å². The molecule has 1 N–H and O–H groups in total. The van der Waals surface area contributed by atoms with Gasteiger partial charge in [0.15, 0.2) is 0 Å². The van der Waals surface area contributed by atoms with Gasteiger partial charge in [-0.2, -0.15) is 0 Å². The molecule has 7 heteroatoms. The van der Waals surface area contributed by atoms with Gasteiger partial charge < -0.3 is 15.1 Å². The summed E-state index contributed by atoms with van der Waals surface area (Å²) >= 11 is 0. The predicted octanol–water partition coefficient (Wildman–Crippen LogP) is 3.51. The van der Waals surface area contributed by atoms with Crippen molar-refractivity contribution in [2.75, 3.05) is 32.5 Å². The van der Waals surface area contributed by atoms with Gasteiger partial charge in [-0.1, -0.05) is 18.6 Å². The van der Waals surface area contributed by atoms with Gasteiger partial charge in [-0.25, -0.2) is 15.0 Å². The number of aromatic nitrogens is 3. The number of carbonyl (C=O) groups is 1. The molecular formula is C23H30N6O. The summed E-state index contributed by atoms with van der Waals surface area (Å²) in [6.07, 6.45) is 7.76. The minimum Gasteiger partial charge on any atom is -0.336 e. The molecule has 2 atom stereocenters. The van der Waals surface area contributed by atoms with Gasteiger partial charge in [0.05, 0.1) is 11.3 Å². The second-order valence-corrected chi connectivity index (χ2v) is 8.72. The number of hydrogen-bond donors (Lipinski definition) is 1. The normalized spacial score (nSPS) is 22.9. The minimum atomic E-state index is 0.0528. The van der Waals surface area contributed by atoms with E-state index in [0.717, 1.165) is 30.8 Å². The fourth-order valence-electron chi connectivity index (χ4n) is 4.24. The number of carbonyl (C=O) groups excluding carboxylic acids is 1. The van der Waals surface area contributed by atoms with Crippen molar-refractivity contribution in [3.8, 4) is 0 Å². The second-order valence-electron chi connectivity index (χ2n) is 8.72. The Hall–Kier alpha value is -2.80. The van der Waals surface area contributed by atoms with Crippen molar-refractivity contribution < 1.29 is 4.79 Å². The molecule has 0 bridgehead atoms. The molecule has 30 heavy (non-hydrogen) atoms. The van der Waals surface area contributed by atoms with Crippen molar-refractivity contribution in [2.45, 2.75) is 39.2 Å². The van der Waals surface area contributed by atoms with Gasteiger partial charge in [0.2, 0.25) is 5.95 Å². The first-order valence-corrected chi connectivity index (χ1v) is 10.5. The lowest BCUT2D eigenvalue weighted by atomic mass is 10.1. The topological polar surface area (TPSA) is 74.2 Å². The molecule has 2 fully saturated rings. The quantitative estimate of drug-likeness (QED) is 0.791. The smallest absolute Gasteiger partial charge is 0.255 e. The lowest BCUT2D eigenvalue weighted by Gasteiger charge is -2.25. The first kappa shape index (κ1) is 20.5. The number of aryl methyl sites for hydroxylation is 1. The van der Waals surface area contributed by atoms with Crippen LogP contribution in [0.1, 0.15) is 48.3 Å². The van der Waals surface area contributed by atoms with Gasteiger partial charge in [-0.15, -0.1) is 0 Å². The highest BCUT2D eigenvalue weighted by molar-refractivity contribution is 5.94. The second kappa shape index (κ2) is 7.80. The van der Waals surface area contributed by atoms with E-state index in [1.54, 1.807) is 12.3 Å². The molecule has 1 amide bonds. The van der Waals surface area contributed by atoms with E-state index in [9.17, 15) is 4.79 Å². The third-order valence-corrected chi connectivity index (χ3v) is 6.51. The Morgan fingerprint density at radius 1 is 1.33 bits per heavy atom. The van der Waals surface area contributed by atoms with Crippen LogP contribution in [0.2, 0.25) is 0 Å². The van der Waals surface area contributed by atoms with Crippen LogP contribution in [0.15, 0.2) is 30.1 Å². The molecular weight excluding hydrogens is 376 g/mol. The number of likely N-dealkylation sites (tertiary alicyclic amines) is 1. The maximum atomic E-state index is 12.9. The highest BCUT2D eigenvalue weighted by Crippen LogP contribution is 2.52. The maximum Gasteiger partial charge on any atom is 0.255 e. The summed E-state index contributed by atoms with van der Waals surface area (Å²) in [6.45, 7) is 7.84. The molecule has 1 aliphatic heterocycles. The fraction of sp³-hybridized carbons (Fsp3) is 0.478. The average Bonchev–Trinajstić information content (AvgIpc) is 3.31. The number of amides is 1. The van der Waals surface area contributed by atoms with Gasteiger partial charge in [0, 0.05) is 36.6 Å². The fourth-order valence-corrected chi connectivity index (χ4v) is 4.24. The Labute approximate surface area is 178 Å². The molecule has 2 aromatic rings. The molecule has 0 spiro atoms. The number of fused-ring (bicyclic) bond motifs is 1. The van der Waals surface area contributed by atoms with Crippen LogP contribution in [-0.4, -0.2) is 63.4 Å². The number of piperidine rings is 1. The van der Waals surface area contributed by atoms with E-state index in [4.69, 9.17) is 0 Å². The van der Waals surface area contributed by atoms with E-state index in [0.29, 0.717) is 23.2 Å². The van der Waals surface area contributed by atoms with Crippen molar-refractivity contribution in [2.24, 2.45) is 5.92 Å². The van der Waals surface area contributed by atoms with Crippen LogP contribution in [0.25, 0.3) is 6.08 Å². The lowest BCUT2D eigenvalue weighted by Crippen LogP contribution is -2.39. The number of rotatable bonds is 6. The van der Waals surface area contributed by atoms with E-state index in [1.807, 2.05) is 24.1 Å². The van der Waals surface area contributed by atoms with Gasteiger partial charge >= 0.3 is 0 Å². The van der Waals surface area contributed by atoms with Crippen LogP contribution in [0.4, 0.5) is 11.8 Å². The molecule has 7 nitrogen and oxygen atoms in total. The van der Waals surface area contributed by atoms with Crippen LogP contribution in [0, 0.1) is 12.8 Å². The highest BCUT2D eigenvalue weighted by Gasteiger charge is 2.62. The van der Waals surface area contributed by atoms with Crippen molar-refractivity contribution >= 4 is 23.7 Å². The Bertz CT molecular complexity index is 984. The number of nitrogens with one attached hydrogen (secondary N) is 1. The third kappa shape index (κ3) is 3.81. The molecule has 4 rings (SSSR count).